The largest absolute Gasteiger partial charge is 0.452 e. The molecule has 2 rings (SSSR count). The van der Waals surface area contributed by atoms with Crippen LogP contribution in [0.4, 0.5) is 11.6 Å². The maximum atomic E-state index is 12.1. The third kappa shape index (κ3) is 5.53. The molecule has 0 saturated heterocycles. The van der Waals surface area contributed by atoms with Crippen molar-refractivity contribution >= 4 is 29.5 Å². The molecule has 0 unspecified atom stereocenters. The average molecular weight is 372 g/mol. The molecular formula is C19H20N2O6. The number of esters is 1. The fourth-order valence-electron chi connectivity index (χ4n) is 2.44. The zero-order valence-corrected chi connectivity index (χ0v) is 15.1. The highest BCUT2D eigenvalue weighted by molar-refractivity contribution is 5.95. The molecule has 1 aromatic carbocycles. The summed E-state index contributed by atoms with van der Waals surface area (Å²) < 4.78 is 9.76. The van der Waals surface area contributed by atoms with E-state index in [4.69, 9.17) is 9.15 Å². The van der Waals surface area contributed by atoms with Crippen LogP contribution in [0.5, 0.6) is 0 Å². The van der Waals surface area contributed by atoms with Gasteiger partial charge in [-0.05, 0) is 36.1 Å². The number of amides is 1. The lowest BCUT2D eigenvalue weighted by Crippen LogP contribution is -2.21. The second-order valence-electron chi connectivity index (χ2n) is 5.58. The lowest BCUT2D eigenvalue weighted by Gasteiger charge is -2.14. The molecule has 27 heavy (non-hydrogen) atoms. The van der Waals surface area contributed by atoms with Crippen LogP contribution in [0.15, 0.2) is 40.8 Å². The van der Waals surface area contributed by atoms with Crippen molar-refractivity contribution in [2.24, 2.45) is 0 Å². The van der Waals surface area contributed by atoms with Crippen LogP contribution in [0.25, 0.3) is 6.08 Å². The van der Waals surface area contributed by atoms with E-state index in [1.165, 1.54) is 18.2 Å². The molecule has 1 amide bonds. The molecule has 0 fully saturated rings. The van der Waals surface area contributed by atoms with Crippen molar-refractivity contribution in [2.45, 2.75) is 26.7 Å². The monoisotopic (exact) mass is 372 g/mol. The summed E-state index contributed by atoms with van der Waals surface area (Å²) in [6.07, 6.45) is 3.80. The van der Waals surface area contributed by atoms with E-state index in [1.807, 2.05) is 32.0 Å². The molecule has 0 aliphatic rings. The number of nitrogens with one attached hydrogen (secondary N) is 1. The lowest BCUT2D eigenvalue weighted by molar-refractivity contribution is -0.402. The fourth-order valence-corrected chi connectivity index (χ4v) is 2.44. The van der Waals surface area contributed by atoms with Crippen molar-refractivity contribution in [1.82, 2.24) is 0 Å². The van der Waals surface area contributed by atoms with E-state index in [0.29, 0.717) is 0 Å². The van der Waals surface area contributed by atoms with E-state index in [9.17, 15) is 19.7 Å². The molecule has 2 aromatic rings. The van der Waals surface area contributed by atoms with Crippen LogP contribution in [-0.2, 0) is 27.2 Å². The Hall–Kier alpha value is -3.42. The first kappa shape index (κ1) is 19.9. The van der Waals surface area contributed by atoms with Gasteiger partial charge in [-0.2, -0.15) is 0 Å². The van der Waals surface area contributed by atoms with Crippen molar-refractivity contribution in [2.75, 3.05) is 11.9 Å². The molecular weight excluding hydrogens is 352 g/mol. The van der Waals surface area contributed by atoms with Gasteiger partial charge in [-0.25, -0.2) is 4.79 Å². The lowest BCUT2D eigenvalue weighted by atomic mass is 10.0. The first-order valence-corrected chi connectivity index (χ1v) is 8.44. The van der Waals surface area contributed by atoms with Crippen molar-refractivity contribution in [3.63, 3.8) is 0 Å². The molecule has 142 valence electrons. The second kappa shape index (κ2) is 9.33. The van der Waals surface area contributed by atoms with Crippen molar-refractivity contribution in [3.8, 4) is 0 Å². The maximum Gasteiger partial charge on any atom is 0.433 e. The maximum absolute atomic E-state index is 12.1. The van der Waals surface area contributed by atoms with E-state index >= 15 is 0 Å². The van der Waals surface area contributed by atoms with Crippen LogP contribution in [-0.4, -0.2) is 23.4 Å². The zero-order valence-electron chi connectivity index (χ0n) is 15.1. The summed E-state index contributed by atoms with van der Waals surface area (Å²) in [4.78, 5) is 33.6. The molecule has 0 bridgehead atoms. The predicted molar refractivity (Wildman–Crippen MR) is 99.2 cm³/mol. The van der Waals surface area contributed by atoms with Crippen LogP contribution < -0.4 is 5.32 Å². The topological polar surface area (TPSA) is 112 Å². The number of nitro groups is 1. The number of para-hydroxylation sites is 1. The fraction of sp³-hybridized carbons (Fsp3) is 0.263. The van der Waals surface area contributed by atoms with Crippen LogP contribution in [0, 0.1) is 10.1 Å². The van der Waals surface area contributed by atoms with Gasteiger partial charge in [0.1, 0.15) is 10.7 Å². The molecule has 1 N–H and O–H groups in total. The van der Waals surface area contributed by atoms with Gasteiger partial charge in [-0.3, -0.25) is 14.9 Å². The molecule has 0 aliphatic carbocycles. The van der Waals surface area contributed by atoms with Crippen LogP contribution in [0.2, 0.25) is 0 Å². The zero-order chi connectivity index (χ0) is 19.8. The molecule has 0 atom stereocenters. The summed E-state index contributed by atoms with van der Waals surface area (Å²) in [5.74, 6) is -1.50. The molecule has 1 heterocycles. The number of rotatable bonds is 8. The molecule has 0 saturated carbocycles. The number of nitrogens with zero attached hydrogens (tertiary/aromatic N) is 1. The predicted octanol–water partition coefficient (Wildman–Crippen LogP) is 3.51. The van der Waals surface area contributed by atoms with E-state index in [2.05, 4.69) is 5.32 Å². The second-order valence-corrected chi connectivity index (χ2v) is 5.58. The minimum atomic E-state index is -0.760. The van der Waals surface area contributed by atoms with Gasteiger partial charge in [-0.15, -0.1) is 0 Å². The van der Waals surface area contributed by atoms with Gasteiger partial charge in [0, 0.05) is 11.8 Å². The number of aryl methyl sites for hydroxylation is 2. The Morgan fingerprint density at radius 2 is 1.85 bits per heavy atom. The molecule has 1 aromatic heterocycles. The van der Waals surface area contributed by atoms with Crippen LogP contribution in [0.3, 0.4) is 0 Å². The summed E-state index contributed by atoms with van der Waals surface area (Å²) in [5, 5.41) is 13.3. The van der Waals surface area contributed by atoms with Gasteiger partial charge < -0.3 is 14.5 Å². The molecule has 8 heteroatoms. The highest BCUT2D eigenvalue weighted by Gasteiger charge is 2.12. The first-order valence-electron chi connectivity index (χ1n) is 8.44. The standard InChI is InChI=1S/C19H20N2O6/c1-3-13-6-5-7-14(4-2)19(13)20-16(22)12-26-18(23)11-9-15-8-10-17(27-15)21(24)25/h5-11H,3-4,12H2,1-2H3,(H,20,22)/b11-9+. The SMILES string of the molecule is CCc1cccc(CC)c1NC(=O)COC(=O)/C=C/c1ccc([N+](=O)[O-])o1. The highest BCUT2D eigenvalue weighted by Crippen LogP contribution is 2.22. The third-order valence-corrected chi connectivity index (χ3v) is 3.79. The van der Waals surface area contributed by atoms with E-state index < -0.39 is 29.3 Å². The van der Waals surface area contributed by atoms with E-state index in [0.717, 1.165) is 35.7 Å². The Morgan fingerprint density at radius 3 is 2.41 bits per heavy atom. The van der Waals surface area contributed by atoms with Crippen LogP contribution in [0.1, 0.15) is 30.7 Å². The molecule has 8 nitrogen and oxygen atoms in total. The summed E-state index contributed by atoms with van der Waals surface area (Å²) >= 11 is 0. The Morgan fingerprint density at radius 1 is 1.19 bits per heavy atom. The minimum absolute atomic E-state index is 0.132. The van der Waals surface area contributed by atoms with Gasteiger partial charge in [-0.1, -0.05) is 32.0 Å². The number of benzene rings is 1. The van der Waals surface area contributed by atoms with Crippen LogP contribution >= 0.6 is 0 Å². The third-order valence-electron chi connectivity index (χ3n) is 3.79. The quantitative estimate of drug-likeness (QED) is 0.328. The number of furan rings is 1. The normalized spacial score (nSPS) is 10.7. The van der Waals surface area contributed by atoms with Gasteiger partial charge >= 0.3 is 11.9 Å². The van der Waals surface area contributed by atoms with E-state index in [-0.39, 0.29) is 5.76 Å². The summed E-state index contributed by atoms with van der Waals surface area (Å²) in [5.41, 5.74) is 2.77. The summed E-state index contributed by atoms with van der Waals surface area (Å²) in [6.45, 7) is 3.55. The number of carbonyl (C=O) groups excluding carboxylic acids is 2. The van der Waals surface area contributed by atoms with Gasteiger partial charge in [0.2, 0.25) is 0 Å². The Balaban J connectivity index is 1.90. The Kier molecular flexibility index (Phi) is 6.87. The molecule has 0 aliphatic heterocycles. The van der Waals surface area contributed by atoms with Gasteiger partial charge in [0.25, 0.3) is 5.91 Å². The summed E-state index contributed by atoms with van der Waals surface area (Å²) in [6, 6.07) is 8.34. The summed E-state index contributed by atoms with van der Waals surface area (Å²) in [7, 11) is 0. The van der Waals surface area contributed by atoms with Gasteiger partial charge in [0.05, 0.1) is 6.07 Å². The molecule has 0 spiro atoms. The number of hydrogen-bond donors (Lipinski definition) is 1. The number of carbonyl (C=O) groups is 2. The Bertz CT molecular complexity index is 847. The highest BCUT2D eigenvalue weighted by atomic mass is 16.6. The number of anilines is 1. The number of ether oxygens (including phenoxy) is 1. The van der Waals surface area contributed by atoms with E-state index in [1.54, 1.807) is 0 Å². The van der Waals surface area contributed by atoms with Crippen molar-refractivity contribution < 1.29 is 23.7 Å². The van der Waals surface area contributed by atoms with Crippen molar-refractivity contribution in [1.29, 1.82) is 0 Å². The first-order chi connectivity index (χ1) is 12.9. The van der Waals surface area contributed by atoms with Crippen molar-refractivity contribution in [3.05, 3.63) is 63.4 Å². The average Bonchev–Trinajstić information content (AvgIpc) is 3.14. The Labute approximate surface area is 156 Å². The smallest absolute Gasteiger partial charge is 0.433 e. The van der Waals surface area contributed by atoms with Gasteiger partial charge in [0.15, 0.2) is 6.61 Å². The molecule has 0 radical (unpaired) electrons. The number of hydrogen-bond acceptors (Lipinski definition) is 6. The minimum Gasteiger partial charge on any atom is -0.452 e.